The Balaban J connectivity index is 1.76. The molecule has 0 amide bonds. The van der Waals surface area contributed by atoms with Crippen molar-refractivity contribution >= 4 is 27.7 Å². The summed E-state index contributed by atoms with van der Waals surface area (Å²) >= 11 is 3.42. The van der Waals surface area contributed by atoms with E-state index in [1.54, 1.807) is 6.20 Å². The van der Waals surface area contributed by atoms with Crippen LogP contribution in [0.15, 0.2) is 10.7 Å². The first-order valence-electron chi connectivity index (χ1n) is 5.67. The van der Waals surface area contributed by atoms with Crippen molar-refractivity contribution in [2.24, 2.45) is 5.84 Å². The summed E-state index contributed by atoms with van der Waals surface area (Å²) in [5, 5.41) is 3.40. The van der Waals surface area contributed by atoms with E-state index in [0.29, 0.717) is 24.2 Å². The maximum Gasteiger partial charge on any atom is 0.239 e. The van der Waals surface area contributed by atoms with Crippen LogP contribution in [0, 0.1) is 0 Å². The monoisotopic (exact) mass is 299 g/mol. The van der Waals surface area contributed by atoms with Crippen molar-refractivity contribution in [1.82, 2.24) is 9.97 Å². The average molecular weight is 300 g/mol. The first-order valence-corrected chi connectivity index (χ1v) is 6.46. The molecule has 1 aromatic rings. The first-order chi connectivity index (χ1) is 8.26. The maximum atomic E-state index is 5.79. The van der Waals surface area contributed by atoms with Gasteiger partial charge in [-0.15, -0.1) is 0 Å². The summed E-state index contributed by atoms with van der Waals surface area (Å²) < 4.78 is 6.62. The molecule has 3 heterocycles. The van der Waals surface area contributed by atoms with E-state index in [2.05, 4.69) is 36.6 Å². The molecule has 4 N–H and O–H groups in total. The fraction of sp³-hybridized carbons (Fsp3) is 0.600. The number of anilines is 2. The van der Waals surface area contributed by atoms with Crippen LogP contribution in [0.4, 0.5) is 11.8 Å². The van der Waals surface area contributed by atoms with Crippen LogP contribution in [-0.4, -0.2) is 28.2 Å². The third-order valence-corrected chi connectivity index (χ3v) is 3.88. The molecule has 2 bridgehead atoms. The Kier molecular flexibility index (Phi) is 2.89. The van der Waals surface area contributed by atoms with Gasteiger partial charge in [-0.05, 0) is 35.2 Å². The van der Waals surface area contributed by atoms with Gasteiger partial charge in [-0.1, -0.05) is 0 Å². The molecule has 7 heteroatoms. The third kappa shape index (κ3) is 2.10. The number of rotatable bonds is 3. The summed E-state index contributed by atoms with van der Waals surface area (Å²) in [4.78, 5) is 8.29. The summed E-state index contributed by atoms with van der Waals surface area (Å²) in [5.41, 5.74) is 2.44. The molecule has 3 atom stereocenters. The van der Waals surface area contributed by atoms with Crippen LogP contribution in [0.3, 0.4) is 0 Å². The smallest absolute Gasteiger partial charge is 0.239 e. The van der Waals surface area contributed by atoms with Crippen LogP contribution in [0.1, 0.15) is 19.3 Å². The highest BCUT2D eigenvalue weighted by Gasteiger charge is 2.41. The Morgan fingerprint density at radius 2 is 2.35 bits per heavy atom. The summed E-state index contributed by atoms with van der Waals surface area (Å²) in [7, 11) is 0. The van der Waals surface area contributed by atoms with Gasteiger partial charge in [0.05, 0.1) is 22.7 Å². The SMILES string of the molecule is NNc1ncc(Br)c(NC2CC3CCC2O3)n1. The van der Waals surface area contributed by atoms with E-state index in [1.165, 1.54) is 6.42 Å². The molecule has 3 unspecified atom stereocenters. The molecule has 17 heavy (non-hydrogen) atoms. The van der Waals surface area contributed by atoms with E-state index >= 15 is 0 Å². The standard InChI is InChI=1S/C10H14BrN5O/c11-6-4-13-10(16-12)15-9(6)14-7-3-5-1-2-8(7)17-5/h4-5,7-8H,1-3,12H2,(H2,13,14,15,16). The molecule has 1 aromatic heterocycles. The number of nitrogens with two attached hydrogens (primary N) is 1. The van der Waals surface area contributed by atoms with Gasteiger partial charge in [-0.3, -0.25) is 5.43 Å². The zero-order valence-corrected chi connectivity index (χ0v) is 10.8. The van der Waals surface area contributed by atoms with Crippen molar-refractivity contribution in [2.45, 2.75) is 37.5 Å². The van der Waals surface area contributed by atoms with Crippen LogP contribution < -0.4 is 16.6 Å². The lowest BCUT2D eigenvalue weighted by atomic mass is 9.95. The van der Waals surface area contributed by atoms with Crippen LogP contribution >= 0.6 is 15.9 Å². The molecule has 2 aliphatic heterocycles. The molecule has 0 aromatic carbocycles. The topological polar surface area (TPSA) is 85.1 Å². The molecular formula is C10H14BrN5O. The fourth-order valence-electron chi connectivity index (χ4n) is 2.50. The van der Waals surface area contributed by atoms with Crippen molar-refractivity contribution in [3.8, 4) is 0 Å². The maximum absolute atomic E-state index is 5.79. The highest BCUT2D eigenvalue weighted by molar-refractivity contribution is 9.10. The zero-order valence-electron chi connectivity index (χ0n) is 9.19. The summed E-state index contributed by atoms with van der Waals surface area (Å²) in [6.07, 6.45) is 5.78. The van der Waals surface area contributed by atoms with Gasteiger partial charge in [0.1, 0.15) is 5.82 Å². The molecule has 0 saturated carbocycles. The Hall–Kier alpha value is -0.920. The number of nitrogen functional groups attached to an aromatic ring is 1. The normalized spacial score (nSPS) is 30.6. The summed E-state index contributed by atoms with van der Waals surface area (Å²) in [6.45, 7) is 0. The Labute approximate surface area is 107 Å². The Morgan fingerprint density at radius 3 is 3.00 bits per heavy atom. The van der Waals surface area contributed by atoms with Crippen LogP contribution in [-0.2, 0) is 4.74 Å². The minimum atomic E-state index is 0.316. The van der Waals surface area contributed by atoms with Crippen molar-refractivity contribution in [3.05, 3.63) is 10.7 Å². The predicted molar refractivity (Wildman–Crippen MR) is 67.5 cm³/mol. The number of ether oxygens (including phenoxy) is 1. The highest BCUT2D eigenvalue weighted by atomic mass is 79.9. The number of hydrogen-bond acceptors (Lipinski definition) is 6. The van der Waals surface area contributed by atoms with E-state index in [4.69, 9.17) is 10.6 Å². The lowest BCUT2D eigenvalue weighted by Gasteiger charge is -2.21. The number of hydrogen-bond donors (Lipinski definition) is 3. The van der Waals surface area contributed by atoms with E-state index in [9.17, 15) is 0 Å². The second-order valence-electron chi connectivity index (χ2n) is 4.39. The lowest BCUT2D eigenvalue weighted by Crippen LogP contribution is -2.31. The van der Waals surface area contributed by atoms with Gasteiger partial charge in [0.2, 0.25) is 5.95 Å². The van der Waals surface area contributed by atoms with Crippen LogP contribution in [0.5, 0.6) is 0 Å². The lowest BCUT2D eigenvalue weighted by molar-refractivity contribution is 0.102. The van der Waals surface area contributed by atoms with E-state index in [0.717, 1.165) is 23.1 Å². The van der Waals surface area contributed by atoms with Gasteiger partial charge in [0.25, 0.3) is 0 Å². The molecule has 0 radical (unpaired) electrons. The number of nitrogens with one attached hydrogen (secondary N) is 2. The molecule has 3 rings (SSSR count). The Bertz CT molecular complexity index is 429. The van der Waals surface area contributed by atoms with E-state index in [1.807, 2.05) is 0 Å². The highest BCUT2D eigenvalue weighted by Crippen LogP contribution is 2.36. The molecule has 0 aliphatic carbocycles. The van der Waals surface area contributed by atoms with Crippen molar-refractivity contribution in [1.29, 1.82) is 0 Å². The Morgan fingerprint density at radius 1 is 1.47 bits per heavy atom. The second kappa shape index (κ2) is 4.40. The number of fused-ring (bicyclic) bond motifs is 2. The summed E-state index contributed by atoms with van der Waals surface area (Å²) in [5.74, 6) is 6.46. The van der Waals surface area contributed by atoms with Gasteiger partial charge < -0.3 is 10.1 Å². The number of halogens is 1. The average Bonchev–Trinajstić information content (AvgIpc) is 2.94. The molecule has 2 fully saturated rings. The van der Waals surface area contributed by atoms with Gasteiger partial charge in [-0.25, -0.2) is 10.8 Å². The zero-order chi connectivity index (χ0) is 11.8. The first kappa shape index (κ1) is 11.2. The van der Waals surface area contributed by atoms with Crippen molar-refractivity contribution in [3.63, 3.8) is 0 Å². The van der Waals surface area contributed by atoms with E-state index < -0.39 is 0 Å². The minimum Gasteiger partial charge on any atom is -0.373 e. The fourth-order valence-corrected chi connectivity index (χ4v) is 2.81. The number of aromatic nitrogens is 2. The molecule has 0 spiro atoms. The number of nitrogens with zero attached hydrogens (tertiary/aromatic N) is 2. The van der Waals surface area contributed by atoms with Gasteiger partial charge in [0, 0.05) is 6.20 Å². The van der Waals surface area contributed by atoms with Crippen LogP contribution in [0.2, 0.25) is 0 Å². The molecular weight excluding hydrogens is 286 g/mol. The van der Waals surface area contributed by atoms with Crippen molar-refractivity contribution in [2.75, 3.05) is 10.7 Å². The van der Waals surface area contributed by atoms with Gasteiger partial charge >= 0.3 is 0 Å². The second-order valence-corrected chi connectivity index (χ2v) is 5.25. The third-order valence-electron chi connectivity index (χ3n) is 3.30. The molecule has 2 aliphatic rings. The molecule has 92 valence electrons. The molecule has 2 saturated heterocycles. The minimum absolute atomic E-state index is 0.316. The van der Waals surface area contributed by atoms with Gasteiger partial charge in [-0.2, -0.15) is 4.98 Å². The van der Waals surface area contributed by atoms with Crippen molar-refractivity contribution < 1.29 is 4.74 Å². The molecule has 6 nitrogen and oxygen atoms in total. The quantitative estimate of drug-likeness (QED) is 0.575. The van der Waals surface area contributed by atoms with Gasteiger partial charge in [0.15, 0.2) is 0 Å². The van der Waals surface area contributed by atoms with E-state index in [-0.39, 0.29) is 0 Å². The van der Waals surface area contributed by atoms with Crippen LogP contribution in [0.25, 0.3) is 0 Å². The largest absolute Gasteiger partial charge is 0.373 e. The number of hydrazine groups is 1. The predicted octanol–water partition coefficient (Wildman–Crippen LogP) is 1.26. The summed E-state index contributed by atoms with van der Waals surface area (Å²) in [6, 6.07) is 0.338.